The maximum atomic E-state index is 6.10. The Morgan fingerprint density at radius 2 is 1.78 bits per heavy atom. The van der Waals surface area contributed by atoms with Crippen molar-refractivity contribution in [2.45, 2.75) is 52.0 Å². The van der Waals surface area contributed by atoms with Gasteiger partial charge in [-0.15, -0.1) is 0 Å². The highest BCUT2D eigenvalue weighted by Gasteiger charge is 2.09. The van der Waals surface area contributed by atoms with Crippen LogP contribution in [0.1, 0.15) is 51.0 Å². The van der Waals surface area contributed by atoms with Crippen molar-refractivity contribution in [3.63, 3.8) is 0 Å². The Kier molecular flexibility index (Phi) is 8.74. The molecular weight excluding hydrogens is 327 g/mol. The Morgan fingerprint density at radius 3 is 2.48 bits per heavy atom. The van der Waals surface area contributed by atoms with Gasteiger partial charge in [0.25, 0.3) is 0 Å². The molecule has 1 aliphatic rings. The van der Waals surface area contributed by atoms with E-state index in [0.29, 0.717) is 10.0 Å². The van der Waals surface area contributed by atoms with Crippen LogP contribution in [0.3, 0.4) is 0 Å². The number of rotatable bonds is 9. The van der Waals surface area contributed by atoms with Gasteiger partial charge in [0, 0.05) is 6.54 Å². The second kappa shape index (κ2) is 10.6. The van der Waals surface area contributed by atoms with E-state index in [1.165, 1.54) is 63.7 Å². The predicted molar refractivity (Wildman–Crippen MR) is 102 cm³/mol. The van der Waals surface area contributed by atoms with Gasteiger partial charge in [-0.2, -0.15) is 0 Å². The van der Waals surface area contributed by atoms with E-state index < -0.39 is 0 Å². The van der Waals surface area contributed by atoms with E-state index in [4.69, 9.17) is 23.2 Å². The average molecular weight is 357 g/mol. The minimum atomic E-state index is 0.635. The van der Waals surface area contributed by atoms with E-state index in [0.717, 1.165) is 19.6 Å². The number of halogens is 2. The summed E-state index contributed by atoms with van der Waals surface area (Å²) >= 11 is 12.1. The number of hydrogen-bond donors (Lipinski definition) is 0. The zero-order valence-corrected chi connectivity index (χ0v) is 15.9. The van der Waals surface area contributed by atoms with Crippen molar-refractivity contribution < 1.29 is 0 Å². The van der Waals surface area contributed by atoms with Crippen LogP contribution in [0.2, 0.25) is 10.0 Å². The number of benzene rings is 1. The maximum absolute atomic E-state index is 6.10. The number of unbranched alkanes of at least 4 members (excludes halogenated alkanes) is 2. The summed E-state index contributed by atoms with van der Waals surface area (Å²) in [5.41, 5.74) is 1.24. The van der Waals surface area contributed by atoms with Crippen LogP contribution in [0, 0.1) is 0 Å². The first-order chi connectivity index (χ1) is 11.2. The molecule has 0 spiro atoms. The summed E-state index contributed by atoms with van der Waals surface area (Å²) in [6.45, 7) is 9.35. The van der Waals surface area contributed by atoms with Gasteiger partial charge >= 0.3 is 0 Å². The van der Waals surface area contributed by atoms with Gasteiger partial charge in [-0.3, -0.25) is 4.90 Å². The molecule has 130 valence electrons. The summed E-state index contributed by atoms with van der Waals surface area (Å²) in [7, 11) is 0. The molecule has 1 aromatic carbocycles. The third kappa shape index (κ3) is 7.01. The molecule has 23 heavy (non-hydrogen) atoms. The van der Waals surface area contributed by atoms with Gasteiger partial charge in [-0.1, -0.05) is 49.0 Å². The summed E-state index contributed by atoms with van der Waals surface area (Å²) in [5, 5.41) is 1.29. The molecule has 1 aromatic rings. The highest BCUT2D eigenvalue weighted by atomic mass is 35.5. The van der Waals surface area contributed by atoms with Crippen LogP contribution >= 0.6 is 23.2 Å². The monoisotopic (exact) mass is 356 g/mol. The van der Waals surface area contributed by atoms with Crippen molar-refractivity contribution >= 4 is 23.2 Å². The largest absolute Gasteiger partial charge is 0.303 e. The minimum absolute atomic E-state index is 0.635. The molecule has 0 atom stereocenters. The fourth-order valence-electron chi connectivity index (χ4n) is 3.28. The smallest absolute Gasteiger partial charge is 0.0595 e. The van der Waals surface area contributed by atoms with Gasteiger partial charge < -0.3 is 4.90 Å². The molecule has 0 radical (unpaired) electrons. The zero-order chi connectivity index (χ0) is 16.5. The topological polar surface area (TPSA) is 6.48 Å². The highest BCUT2D eigenvalue weighted by molar-refractivity contribution is 6.42. The number of likely N-dealkylation sites (tertiary alicyclic amines) is 1. The van der Waals surface area contributed by atoms with E-state index in [9.17, 15) is 0 Å². The van der Waals surface area contributed by atoms with Gasteiger partial charge in [0.05, 0.1) is 10.0 Å². The molecular formula is C19H30Cl2N2. The lowest BCUT2D eigenvalue weighted by Crippen LogP contribution is -2.30. The molecule has 0 aromatic heterocycles. The summed E-state index contributed by atoms with van der Waals surface area (Å²) in [4.78, 5) is 5.12. The Morgan fingerprint density at radius 1 is 1.00 bits per heavy atom. The summed E-state index contributed by atoms with van der Waals surface area (Å²) in [6.07, 6.45) is 8.17. The molecule has 1 aliphatic heterocycles. The van der Waals surface area contributed by atoms with Crippen LogP contribution in [0.4, 0.5) is 0 Å². The lowest BCUT2D eigenvalue weighted by Gasteiger charge is -2.26. The summed E-state index contributed by atoms with van der Waals surface area (Å²) in [6, 6.07) is 5.96. The molecule has 0 amide bonds. The van der Waals surface area contributed by atoms with Crippen molar-refractivity contribution in [1.82, 2.24) is 9.80 Å². The molecule has 1 heterocycles. The van der Waals surface area contributed by atoms with E-state index in [-0.39, 0.29) is 0 Å². The first kappa shape index (κ1) is 19.1. The molecule has 0 saturated carbocycles. The second-order valence-electron chi connectivity index (χ2n) is 6.58. The van der Waals surface area contributed by atoms with Crippen LogP contribution in [0.15, 0.2) is 18.2 Å². The van der Waals surface area contributed by atoms with E-state index in [1.54, 1.807) is 0 Å². The minimum Gasteiger partial charge on any atom is -0.303 e. The first-order valence-corrected chi connectivity index (χ1v) is 9.83. The third-order valence-corrected chi connectivity index (χ3v) is 5.47. The van der Waals surface area contributed by atoms with Crippen molar-refractivity contribution in [3.05, 3.63) is 33.8 Å². The van der Waals surface area contributed by atoms with E-state index in [2.05, 4.69) is 22.8 Å². The predicted octanol–water partition coefficient (Wildman–Crippen LogP) is 5.47. The number of nitrogens with zero attached hydrogens (tertiary/aromatic N) is 2. The number of hydrogen-bond acceptors (Lipinski definition) is 2. The molecule has 2 nitrogen and oxygen atoms in total. The Bertz CT molecular complexity index is 459. The maximum Gasteiger partial charge on any atom is 0.0595 e. The van der Waals surface area contributed by atoms with Gasteiger partial charge in [-0.25, -0.2) is 0 Å². The molecule has 1 saturated heterocycles. The Balaban J connectivity index is 1.63. The molecule has 4 heteroatoms. The van der Waals surface area contributed by atoms with Gasteiger partial charge in [0.1, 0.15) is 0 Å². The highest BCUT2D eigenvalue weighted by Crippen LogP contribution is 2.23. The Hall–Kier alpha value is -0.280. The molecule has 0 unspecified atom stereocenters. The van der Waals surface area contributed by atoms with Crippen LogP contribution in [-0.2, 0) is 6.54 Å². The van der Waals surface area contributed by atoms with Crippen LogP contribution in [-0.4, -0.2) is 42.5 Å². The molecule has 0 bridgehead atoms. The third-order valence-electron chi connectivity index (χ3n) is 4.73. The van der Waals surface area contributed by atoms with Crippen molar-refractivity contribution in [1.29, 1.82) is 0 Å². The van der Waals surface area contributed by atoms with E-state index >= 15 is 0 Å². The summed E-state index contributed by atoms with van der Waals surface area (Å²) in [5.74, 6) is 0. The lowest BCUT2D eigenvalue weighted by molar-refractivity contribution is 0.220. The number of piperidine rings is 1. The zero-order valence-electron chi connectivity index (χ0n) is 14.4. The Labute approximate surface area is 151 Å². The average Bonchev–Trinajstić information content (AvgIpc) is 2.57. The SMILES string of the molecule is CCN(CCCCCN1CCCCC1)Cc1ccc(Cl)c(Cl)c1. The lowest BCUT2D eigenvalue weighted by atomic mass is 10.1. The van der Waals surface area contributed by atoms with Gasteiger partial charge in [-0.05, 0) is 76.1 Å². The fraction of sp³-hybridized carbons (Fsp3) is 0.684. The van der Waals surface area contributed by atoms with Gasteiger partial charge in [0.2, 0.25) is 0 Å². The van der Waals surface area contributed by atoms with Crippen molar-refractivity contribution in [2.75, 3.05) is 32.7 Å². The first-order valence-electron chi connectivity index (χ1n) is 9.07. The summed E-state index contributed by atoms with van der Waals surface area (Å²) < 4.78 is 0. The second-order valence-corrected chi connectivity index (χ2v) is 7.39. The quantitative estimate of drug-likeness (QED) is 0.541. The normalized spacial score (nSPS) is 16.2. The van der Waals surface area contributed by atoms with Crippen LogP contribution in [0.5, 0.6) is 0 Å². The fourth-order valence-corrected chi connectivity index (χ4v) is 3.60. The molecule has 0 N–H and O–H groups in total. The van der Waals surface area contributed by atoms with Crippen LogP contribution < -0.4 is 0 Å². The van der Waals surface area contributed by atoms with Crippen molar-refractivity contribution in [3.8, 4) is 0 Å². The standard InChI is InChI=1S/C19H30Cl2N2/c1-2-22(16-17-9-10-18(20)19(21)15-17)11-5-3-6-12-23-13-7-4-8-14-23/h9-10,15H,2-8,11-14,16H2,1H3. The van der Waals surface area contributed by atoms with Gasteiger partial charge in [0.15, 0.2) is 0 Å². The molecule has 2 rings (SSSR count). The van der Waals surface area contributed by atoms with Crippen molar-refractivity contribution in [2.24, 2.45) is 0 Å². The van der Waals surface area contributed by atoms with Crippen LogP contribution in [0.25, 0.3) is 0 Å². The molecule has 1 fully saturated rings. The molecule has 0 aliphatic carbocycles. The van der Waals surface area contributed by atoms with E-state index in [1.807, 2.05) is 12.1 Å².